The molecule has 0 radical (unpaired) electrons. The smallest absolute Gasteiger partial charge is 0.231 e. The van der Waals surface area contributed by atoms with E-state index >= 15 is 0 Å². The Hall–Kier alpha value is -1.75. The summed E-state index contributed by atoms with van der Waals surface area (Å²) < 4.78 is 21.7. The van der Waals surface area contributed by atoms with Gasteiger partial charge in [-0.05, 0) is 18.9 Å². The summed E-state index contributed by atoms with van der Waals surface area (Å²) in [5.74, 6) is 1.74. The molecule has 0 N–H and O–H groups in total. The van der Waals surface area contributed by atoms with Crippen molar-refractivity contribution in [2.75, 3.05) is 20.0 Å². The molecule has 1 unspecified atom stereocenters. The topological polar surface area (TPSA) is 54.0 Å². The lowest BCUT2D eigenvalue weighted by Crippen LogP contribution is -2.28. The maximum Gasteiger partial charge on any atom is 0.231 e. The second kappa shape index (κ2) is 4.86. The van der Waals surface area contributed by atoms with Crippen molar-refractivity contribution in [2.24, 2.45) is 0 Å². The fraction of sp³-hybridized carbons (Fsp3) is 0.462. The molecule has 1 aromatic carbocycles. The van der Waals surface area contributed by atoms with Crippen LogP contribution in [0.2, 0.25) is 0 Å². The number of benzene rings is 1. The first-order valence-electron chi connectivity index (χ1n) is 6.00. The van der Waals surface area contributed by atoms with Crippen molar-refractivity contribution in [1.29, 1.82) is 0 Å². The lowest BCUT2D eigenvalue weighted by molar-refractivity contribution is 0.00713. The minimum absolute atomic E-state index is 0.00202. The number of rotatable bonds is 3. The largest absolute Gasteiger partial charge is 0.487 e. The normalized spacial score (nSPS) is 21.7. The minimum atomic E-state index is -0.00202. The Kier molecular flexibility index (Phi) is 3.06. The fourth-order valence-electron chi connectivity index (χ4n) is 2.12. The van der Waals surface area contributed by atoms with Crippen molar-refractivity contribution in [1.82, 2.24) is 0 Å². The molecule has 5 heteroatoms. The van der Waals surface area contributed by atoms with Gasteiger partial charge in [0.1, 0.15) is 11.9 Å². The number of ether oxygens (including phenoxy) is 4. The van der Waals surface area contributed by atoms with Crippen LogP contribution in [0.15, 0.2) is 12.1 Å². The molecule has 1 atom stereocenters. The number of fused-ring (bicyclic) bond motifs is 1. The van der Waals surface area contributed by atoms with Crippen LogP contribution in [-0.2, 0) is 4.74 Å². The number of hydrogen-bond donors (Lipinski definition) is 0. The van der Waals surface area contributed by atoms with Crippen LogP contribution < -0.4 is 14.2 Å². The third-order valence-corrected chi connectivity index (χ3v) is 3.04. The molecule has 1 fully saturated rings. The molecule has 5 nitrogen and oxygen atoms in total. The monoisotopic (exact) mass is 250 g/mol. The first-order chi connectivity index (χ1) is 8.86. The van der Waals surface area contributed by atoms with Crippen LogP contribution in [0.25, 0.3) is 0 Å². The molecule has 1 saturated heterocycles. The highest BCUT2D eigenvalue weighted by atomic mass is 16.7. The summed E-state index contributed by atoms with van der Waals surface area (Å²) in [6, 6.07) is 3.36. The SMILES string of the molecule is O=Cc1cc2c(cc1OC1CCCOC1)OCO2. The average Bonchev–Trinajstić information content (AvgIpc) is 2.86. The lowest BCUT2D eigenvalue weighted by atomic mass is 10.1. The van der Waals surface area contributed by atoms with E-state index in [4.69, 9.17) is 18.9 Å². The molecule has 0 aliphatic carbocycles. The summed E-state index contributed by atoms with van der Waals surface area (Å²) in [6.07, 6.45) is 2.68. The van der Waals surface area contributed by atoms with Gasteiger partial charge in [0.2, 0.25) is 6.79 Å². The molecule has 2 aliphatic heterocycles. The summed E-state index contributed by atoms with van der Waals surface area (Å²) in [5.41, 5.74) is 0.477. The molecule has 0 bridgehead atoms. The van der Waals surface area contributed by atoms with Crippen LogP contribution in [0.3, 0.4) is 0 Å². The van der Waals surface area contributed by atoms with Crippen molar-refractivity contribution in [3.63, 3.8) is 0 Å². The third-order valence-electron chi connectivity index (χ3n) is 3.04. The van der Waals surface area contributed by atoms with Crippen molar-refractivity contribution < 1.29 is 23.7 Å². The van der Waals surface area contributed by atoms with Crippen LogP contribution in [0, 0.1) is 0 Å². The second-order valence-corrected chi connectivity index (χ2v) is 4.32. The Balaban J connectivity index is 1.83. The molecular weight excluding hydrogens is 236 g/mol. The molecule has 2 aliphatic rings. The van der Waals surface area contributed by atoms with Gasteiger partial charge in [-0.2, -0.15) is 0 Å². The zero-order valence-corrected chi connectivity index (χ0v) is 9.89. The zero-order chi connectivity index (χ0) is 12.4. The molecule has 0 amide bonds. The van der Waals surface area contributed by atoms with Gasteiger partial charge >= 0.3 is 0 Å². The van der Waals surface area contributed by atoms with Gasteiger partial charge in [-0.25, -0.2) is 0 Å². The van der Waals surface area contributed by atoms with Gasteiger partial charge in [0.15, 0.2) is 17.8 Å². The minimum Gasteiger partial charge on any atom is -0.487 e. The van der Waals surface area contributed by atoms with Crippen molar-refractivity contribution in [3.8, 4) is 17.2 Å². The van der Waals surface area contributed by atoms with E-state index in [9.17, 15) is 4.79 Å². The highest BCUT2D eigenvalue weighted by molar-refractivity contribution is 5.81. The van der Waals surface area contributed by atoms with E-state index in [1.165, 1.54) is 0 Å². The van der Waals surface area contributed by atoms with E-state index in [0.29, 0.717) is 29.4 Å². The molecule has 0 aromatic heterocycles. The summed E-state index contributed by atoms with van der Waals surface area (Å²) in [7, 11) is 0. The average molecular weight is 250 g/mol. The van der Waals surface area contributed by atoms with E-state index < -0.39 is 0 Å². The van der Waals surface area contributed by atoms with Gasteiger partial charge < -0.3 is 18.9 Å². The number of carbonyl (C=O) groups is 1. The summed E-state index contributed by atoms with van der Waals surface area (Å²) in [6.45, 7) is 1.53. The predicted molar refractivity (Wildman–Crippen MR) is 62.4 cm³/mol. The number of aldehydes is 1. The first kappa shape index (κ1) is 11.3. The van der Waals surface area contributed by atoms with Crippen molar-refractivity contribution >= 4 is 6.29 Å². The maximum absolute atomic E-state index is 11.1. The fourth-order valence-corrected chi connectivity index (χ4v) is 2.12. The van der Waals surface area contributed by atoms with E-state index in [-0.39, 0.29) is 12.9 Å². The number of carbonyl (C=O) groups excluding carboxylic acids is 1. The number of hydrogen-bond acceptors (Lipinski definition) is 5. The van der Waals surface area contributed by atoms with Crippen molar-refractivity contribution in [3.05, 3.63) is 17.7 Å². The Morgan fingerprint density at radius 3 is 2.83 bits per heavy atom. The van der Waals surface area contributed by atoms with Crippen LogP contribution >= 0.6 is 0 Å². The molecule has 0 saturated carbocycles. The molecule has 96 valence electrons. The van der Waals surface area contributed by atoms with Gasteiger partial charge in [0.25, 0.3) is 0 Å². The van der Waals surface area contributed by atoms with Gasteiger partial charge in [-0.3, -0.25) is 4.79 Å². The standard InChI is InChI=1S/C13H14O5/c14-6-9-4-12-13(17-8-16-12)5-11(9)18-10-2-1-3-15-7-10/h4-6,10H,1-3,7-8H2. The molecule has 3 rings (SSSR count). The third kappa shape index (κ3) is 2.13. The van der Waals surface area contributed by atoms with Gasteiger partial charge in [0, 0.05) is 12.7 Å². The Morgan fingerprint density at radius 2 is 2.11 bits per heavy atom. The Labute approximate surface area is 105 Å². The van der Waals surface area contributed by atoms with Gasteiger partial charge in [-0.15, -0.1) is 0 Å². The molecular formula is C13H14O5. The van der Waals surface area contributed by atoms with Crippen LogP contribution in [-0.4, -0.2) is 32.4 Å². The highest BCUT2D eigenvalue weighted by Gasteiger charge is 2.21. The Morgan fingerprint density at radius 1 is 1.28 bits per heavy atom. The van der Waals surface area contributed by atoms with Gasteiger partial charge in [0.05, 0.1) is 12.2 Å². The van der Waals surface area contributed by atoms with E-state index in [0.717, 1.165) is 25.7 Å². The lowest BCUT2D eigenvalue weighted by Gasteiger charge is -2.24. The van der Waals surface area contributed by atoms with Crippen molar-refractivity contribution in [2.45, 2.75) is 18.9 Å². The van der Waals surface area contributed by atoms with E-state index in [2.05, 4.69) is 0 Å². The summed E-state index contributed by atoms with van der Waals surface area (Å²) >= 11 is 0. The van der Waals surface area contributed by atoms with Crippen LogP contribution in [0.4, 0.5) is 0 Å². The molecule has 1 aromatic rings. The summed E-state index contributed by atoms with van der Waals surface area (Å²) in [4.78, 5) is 11.1. The van der Waals surface area contributed by atoms with Crippen LogP contribution in [0.5, 0.6) is 17.2 Å². The van der Waals surface area contributed by atoms with Crippen LogP contribution in [0.1, 0.15) is 23.2 Å². The van der Waals surface area contributed by atoms with E-state index in [1.807, 2.05) is 0 Å². The molecule has 2 heterocycles. The summed E-state index contributed by atoms with van der Waals surface area (Å²) in [5, 5.41) is 0. The van der Waals surface area contributed by atoms with E-state index in [1.54, 1.807) is 12.1 Å². The molecule has 0 spiro atoms. The predicted octanol–water partition coefficient (Wildman–Crippen LogP) is 1.79. The quantitative estimate of drug-likeness (QED) is 0.765. The first-order valence-corrected chi connectivity index (χ1v) is 6.00. The van der Waals surface area contributed by atoms with Gasteiger partial charge in [-0.1, -0.05) is 0 Å². The maximum atomic E-state index is 11.1. The zero-order valence-electron chi connectivity index (χ0n) is 9.89. The molecule has 18 heavy (non-hydrogen) atoms. The highest BCUT2D eigenvalue weighted by Crippen LogP contribution is 2.38. The Bertz CT molecular complexity index is 451. The second-order valence-electron chi connectivity index (χ2n) is 4.32.